The highest BCUT2D eigenvalue weighted by Gasteiger charge is 2.34. The summed E-state index contributed by atoms with van der Waals surface area (Å²) in [5.74, 6) is -0.617. The van der Waals surface area contributed by atoms with E-state index in [1.165, 1.54) is 0 Å². The number of amides is 1. The number of nitrogens with zero attached hydrogens (tertiary/aromatic N) is 2. The number of amidine groups is 1. The van der Waals surface area contributed by atoms with Gasteiger partial charge in [-0.3, -0.25) is 15.1 Å². The molecule has 0 saturated heterocycles. The summed E-state index contributed by atoms with van der Waals surface area (Å²) in [5.41, 5.74) is 0.605. The first-order valence-electron chi connectivity index (χ1n) is 3.71. The van der Waals surface area contributed by atoms with E-state index < -0.39 is 5.50 Å². The summed E-state index contributed by atoms with van der Waals surface area (Å²) in [4.78, 5) is 12.5. The van der Waals surface area contributed by atoms with Gasteiger partial charge in [0.1, 0.15) is 11.3 Å². The molecule has 1 amide bonds. The molecule has 1 aliphatic rings. The molecule has 0 aromatic rings. The van der Waals surface area contributed by atoms with E-state index in [0.29, 0.717) is 11.8 Å². The molecular formula is C8H9ClN3O-. The van der Waals surface area contributed by atoms with Crippen molar-refractivity contribution in [3.05, 3.63) is 16.6 Å². The van der Waals surface area contributed by atoms with Gasteiger partial charge in [0.2, 0.25) is 0 Å². The Bertz CT molecular complexity index is 321. The average molecular weight is 199 g/mol. The first-order chi connectivity index (χ1) is 6.00. The number of rotatable bonds is 1. The van der Waals surface area contributed by atoms with Gasteiger partial charge in [-0.05, 0) is 19.4 Å². The van der Waals surface area contributed by atoms with E-state index in [0.717, 1.165) is 10.5 Å². The highest BCUT2D eigenvalue weighted by atomic mass is 35.5. The molecule has 1 N–H and O–H groups in total. The van der Waals surface area contributed by atoms with Gasteiger partial charge in [-0.2, -0.15) is 6.21 Å². The lowest BCUT2D eigenvalue weighted by atomic mass is 10.2. The predicted molar refractivity (Wildman–Crippen MR) is 52.0 cm³/mol. The molecule has 0 aliphatic carbocycles. The highest BCUT2D eigenvalue weighted by Crippen LogP contribution is 2.27. The van der Waals surface area contributed by atoms with Crippen LogP contribution in [0.2, 0.25) is 0 Å². The first-order valence-corrected chi connectivity index (χ1v) is 4.15. The Labute approximate surface area is 81.2 Å². The molecule has 5 heteroatoms. The molecule has 0 radical (unpaired) electrons. The number of carbonyl (C=O) groups is 1. The van der Waals surface area contributed by atoms with Crippen LogP contribution >= 0.6 is 11.6 Å². The van der Waals surface area contributed by atoms with Crippen LogP contribution in [0, 0.1) is 5.41 Å². The van der Waals surface area contributed by atoms with Gasteiger partial charge in [0.25, 0.3) is 5.91 Å². The fourth-order valence-corrected chi connectivity index (χ4v) is 1.48. The third-order valence-corrected chi connectivity index (χ3v) is 2.62. The van der Waals surface area contributed by atoms with Gasteiger partial charge < -0.3 is 5.41 Å². The maximum atomic E-state index is 11.4. The molecule has 0 bridgehead atoms. The lowest BCUT2D eigenvalue weighted by Crippen LogP contribution is -2.37. The zero-order valence-corrected chi connectivity index (χ0v) is 8.09. The number of halogens is 1. The van der Waals surface area contributed by atoms with E-state index in [9.17, 15) is 4.79 Å². The molecule has 0 aromatic carbocycles. The monoisotopic (exact) mass is 198 g/mol. The Balaban J connectivity index is 3.03. The molecule has 13 heavy (non-hydrogen) atoms. The molecule has 0 spiro atoms. The van der Waals surface area contributed by atoms with E-state index in [4.69, 9.17) is 22.4 Å². The minimum Gasteiger partial charge on any atom is -0.808 e. The van der Waals surface area contributed by atoms with Crippen molar-refractivity contribution in [3.63, 3.8) is 0 Å². The molecule has 1 unspecified atom stereocenters. The van der Waals surface area contributed by atoms with Crippen LogP contribution in [-0.4, -0.2) is 28.4 Å². The Hall–Kier alpha value is -1.16. The smallest absolute Gasteiger partial charge is 0.256 e. The largest absolute Gasteiger partial charge is 0.808 e. The van der Waals surface area contributed by atoms with Crippen molar-refractivity contribution in [2.45, 2.75) is 19.3 Å². The number of alkyl halides is 1. The van der Waals surface area contributed by atoms with Gasteiger partial charge in [0, 0.05) is 5.57 Å². The summed E-state index contributed by atoms with van der Waals surface area (Å²) >= 11 is 5.87. The molecule has 0 fully saturated rings. The zero-order valence-electron chi connectivity index (χ0n) is 7.34. The maximum Gasteiger partial charge on any atom is 0.256 e. The first kappa shape index (κ1) is 9.92. The van der Waals surface area contributed by atoms with Crippen LogP contribution in [0.25, 0.3) is 5.41 Å². The van der Waals surface area contributed by atoms with Gasteiger partial charge in [-0.1, -0.05) is 11.6 Å². The fourth-order valence-electron chi connectivity index (χ4n) is 1.12. The Kier molecular flexibility index (Phi) is 2.52. The molecule has 1 atom stereocenters. The lowest BCUT2D eigenvalue weighted by molar-refractivity contribution is -0.122. The van der Waals surface area contributed by atoms with Crippen molar-refractivity contribution >= 4 is 29.6 Å². The van der Waals surface area contributed by atoms with Crippen molar-refractivity contribution in [3.8, 4) is 0 Å². The highest BCUT2D eigenvalue weighted by molar-refractivity contribution is 6.38. The number of carbonyl (C=O) groups excluding carboxylic acids is 1. The summed E-state index contributed by atoms with van der Waals surface area (Å²) in [6.45, 7) is 3.38. The van der Waals surface area contributed by atoms with E-state index in [1.54, 1.807) is 13.8 Å². The van der Waals surface area contributed by atoms with E-state index in [1.807, 2.05) is 0 Å². The number of hydrogen-bond donors (Lipinski definition) is 1. The molecule has 1 aliphatic heterocycles. The van der Waals surface area contributed by atoms with Crippen molar-refractivity contribution in [2.24, 2.45) is 0 Å². The Morgan fingerprint density at radius 2 is 2.23 bits per heavy atom. The van der Waals surface area contributed by atoms with Crippen LogP contribution in [0.3, 0.4) is 0 Å². The molecule has 1 heterocycles. The van der Waals surface area contributed by atoms with Gasteiger partial charge in [-0.15, -0.1) is 0 Å². The third-order valence-electron chi connectivity index (χ3n) is 2.10. The summed E-state index contributed by atoms with van der Waals surface area (Å²) in [6.07, 6.45) is 0.555. The van der Waals surface area contributed by atoms with Crippen LogP contribution < -0.4 is 0 Å². The SMILES string of the molecule is CC1=C(C)C(Cl)N(C(=N)C=[N-])C1=O. The van der Waals surface area contributed by atoms with Crippen molar-refractivity contribution in [2.75, 3.05) is 0 Å². The van der Waals surface area contributed by atoms with E-state index >= 15 is 0 Å². The van der Waals surface area contributed by atoms with E-state index in [2.05, 4.69) is 0 Å². The van der Waals surface area contributed by atoms with Crippen LogP contribution in [0.15, 0.2) is 11.1 Å². The Morgan fingerprint density at radius 1 is 1.69 bits per heavy atom. The van der Waals surface area contributed by atoms with Gasteiger partial charge in [0.15, 0.2) is 0 Å². The number of hydrogen-bond acceptors (Lipinski definition) is 2. The summed E-state index contributed by atoms with van der Waals surface area (Å²) in [7, 11) is 0. The summed E-state index contributed by atoms with van der Waals surface area (Å²) < 4.78 is 0. The van der Waals surface area contributed by atoms with Crippen LogP contribution in [0.5, 0.6) is 0 Å². The zero-order chi connectivity index (χ0) is 10.2. The molecule has 1 rings (SSSR count). The molecule has 4 nitrogen and oxygen atoms in total. The average Bonchev–Trinajstić information content (AvgIpc) is 2.30. The van der Waals surface area contributed by atoms with Crippen molar-refractivity contribution < 1.29 is 4.79 Å². The van der Waals surface area contributed by atoms with Gasteiger partial charge >= 0.3 is 0 Å². The van der Waals surface area contributed by atoms with Crippen LogP contribution in [0.4, 0.5) is 0 Å². The molecule has 0 aromatic heterocycles. The fraction of sp³-hybridized carbons (Fsp3) is 0.375. The second kappa shape index (κ2) is 3.30. The van der Waals surface area contributed by atoms with E-state index in [-0.39, 0.29) is 11.7 Å². The van der Waals surface area contributed by atoms with Gasteiger partial charge in [0.05, 0.1) is 0 Å². The molecular weight excluding hydrogens is 190 g/mol. The lowest BCUT2D eigenvalue weighted by Gasteiger charge is -2.21. The topological polar surface area (TPSA) is 66.5 Å². The standard InChI is InChI=1S/C8H9ClN3O/c1-4-5(2)8(13)12(7(4)9)6(11)3-10/h3,7,11H,1-2H3/q-1. The summed E-state index contributed by atoms with van der Waals surface area (Å²) in [6, 6.07) is 0. The minimum absolute atomic E-state index is 0.291. The maximum absolute atomic E-state index is 11.4. The predicted octanol–water partition coefficient (Wildman–Crippen LogP) is 1.35. The normalized spacial score (nSPS) is 22.5. The second-order valence-electron chi connectivity index (χ2n) is 2.83. The van der Waals surface area contributed by atoms with Crippen LogP contribution in [0.1, 0.15) is 13.8 Å². The quantitative estimate of drug-likeness (QED) is 0.294. The van der Waals surface area contributed by atoms with Crippen LogP contribution in [-0.2, 0) is 4.79 Å². The van der Waals surface area contributed by atoms with Crippen molar-refractivity contribution in [1.29, 1.82) is 5.41 Å². The molecule has 70 valence electrons. The van der Waals surface area contributed by atoms with Crippen molar-refractivity contribution in [1.82, 2.24) is 4.90 Å². The summed E-state index contributed by atoms with van der Waals surface area (Å²) in [5, 5.41) is 15.8. The van der Waals surface area contributed by atoms with Gasteiger partial charge in [-0.25, -0.2) is 0 Å². The third kappa shape index (κ3) is 1.37. The Morgan fingerprint density at radius 3 is 2.54 bits per heavy atom. The minimum atomic E-state index is -0.650. The number of nitrogens with one attached hydrogen (secondary N) is 1. The second-order valence-corrected chi connectivity index (χ2v) is 3.25. The molecule has 0 saturated carbocycles.